The Hall–Kier alpha value is -2.60. The molecule has 6 rings (SSSR count). The van der Waals surface area contributed by atoms with E-state index in [1.54, 1.807) is 0 Å². The summed E-state index contributed by atoms with van der Waals surface area (Å²) in [5, 5.41) is 17.5. The second kappa shape index (κ2) is 26.7. The van der Waals surface area contributed by atoms with E-state index >= 15 is 0 Å². The number of fused-ring (bicyclic) bond motifs is 6. The van der Waals surface area contributed by atoms with Crippen molar-refractivity contribution in [3.05, 3.63) is 46.5 Å². The van der Waals surface area contributed by atoms with Crippen molar-refractivity contribution in [2.45, 2.75) is 168 Å². The number of rotatable bonds is 26. The summed E-state index contributed by atoms with van der Waals surface area (Å²) in [5.74, 6) is 7.56. The van der Waals surface area contributed by atoms with E-state index in [0.29, 0.717) is 89.7 Å². The molecule has 2 heterocycles. The summed E-state index contributed by atoms with van der Waals surface area (Å²) in [6.07, 6.45) is 16.8. The summed E-state index contributed by atoms with van der Waals surface area (Å²) in [6, 6.07) is 9.09. The third kappa shape index (κ3) is 15.2. The van der Waals surface area contributed by atoms with Gasteiger partial charge in [-0.05, 0) is 138 Å². The van der Waals surface area contributed by atoms with Crippen molar-refractivity contribution >= 4 is 0 Å². The second-order valence-corrected chi connectivity index (χ2v) is 20.2. The first-order valence-electron chi connectivity index (χ1n) is 25.4. The number of benzene rings is 2. The first kappa shape index (κ1) is 52.4. The molecular formula is C54H88O10. The Morgan fingerprint density at radius 1 is 0.516 bits per heavy atom. The summed E-state index contributed by atoms with van der Waals surface area (Å²) in [6.45, 7) is 23.2. The van der Waals surface area contributed by atoms with Gasteiger partial charge in [0.2, 0.25) is 0 Å². The highest BCUT2D eigenvalue weighted by molar-refractivity contribution is 5.54. The van der Waals surface area contributed by atoms with Crippen LogP contribution >= 0.6 is 0 Å². The van der Waals surface area contributed by atoms with Crippen LogP contribution in [0.5, 0.6) is 23.0 Å². The number of ether oxygens (including phenoxy) is 8. The highest BCUT2D eigenvalue weighted by Crippen LogP contribution is 2.57. The quantitative estimate of drug-likeness (QED) is 0.0885. The van der Waals surface area contributed by atoms with Crippen LogP contribution in [0.4, 0.5) is 0 Å². The minimum atomic E-state index is -0.144. The summed E-state index contributed by atoms with van der Waals surface area (Å²) in [7, 11) is 0. The van der Waals surface area contributed by atoms with Gasteiger partial charge in [-0.3, -0.25) is 0 Å². The highest BCUT2D eigenvalue weighted by atomic mass is 16.6. The van der Waals surface area contributed by atoms with Crippen LogP contribution in [0, 0.1) is 23.7 Å². The molecule has 2 aliphatic carbocycles. The number of aliphatic hydroxyl groups excluding tert-OH is 2. The molecule has 0 aromatic heterocycles. The van der Waals surface area contributed by atoms with Gasteiger partial charge in [0.05, 0.1) is 66.1 Å². The SMILES string of the molecule is CCCCCc1cc(OCCOCCOCCO)c2c(c1)OC(C)(C)[C@@H]1CC[C@@H](C)C[C@@H]21.CCCCCc1cc(OCCOCCOCCO)c2c(c1)OC(C)(C)[C@@H]1CC[C@H](C)C[C@@H]21. The van der Waals surface area contributed by atoms with Gasteiger partial charge in [-0.2, -0.15) is 0 Å². The van der Waals surface area contributed by atoms with E-state index in [0.717, 1.165) is 47.7 Å². The Morgan fingerprint density at radius 3 is 1.27 bits per heavy atom. The average Bonchev–Trinajstić information content (AvgIpc) is 3.25. The molecule has 0 saturated heterocycles. The van der Waals surface area contributed by atoms with Crippen LogP contribution < -0.4 is 18.9 Å². The topological polar surface area (TPSA) is 114 Å². The van der Waals surface area contributed by atoms with Crippen molar-refractivity contribution in [2.75, 3.05) is 79.3 Å². The third-order valence-electron chi connectivity index (χ3n) is 14.1. The molecule has 364 valence electrons. The van der Waals surface area contributed by atoms with E-state index in [9.17, 15) is 0 Å². The van der Waals surface area contributed by atoms with Crippen molar-refractivity contribution in [1.82, 2.24) is 0 Å². The molecule has 0 unspecified atom stereocenters. The van der Waals surface area contributed by atoms with Gasteiger partial charge < -0.3 is 48.1 Å². The maximum Gasteiger partial charge on any atom is 0.127 e. The van der Waals surface area contributed by atoms with E-state index < -0.39 is 0 Å². The summed E-state index contributed by atoms with van der Waals surface area (Å²) in [4.78, 5) is 0. The Bertz CT molecular complexity index is 1520. The zero-order chi connectivity index (χ0) is 46.0. The monoisotopic (exact) mass is 897 g/mol. The fourth-order valence-electron chi connectivity index (χ4n) is 10.9. The van der Waals surface area contributed by atoms with Gasteiger partial charge in [-0.25, -0.2) is 0 Å². The van der Waals surface area contributed by atoms with Gasteiger partial charge in [0, 0.05) is 23.0 Å². The summed E-state index contributed by atoms with van der Waals surface area (Å²) >= 11 is 0. The van der Waals surface area contributed by atoms with E-state index in [2.05, 4.69) is 79.7 Å². The predicted octanol–water partition coefficient (Wildman–Crippen LogP) is 11.0. The van der Waals surface area contributed by atoms with E-state index in [4.69, 9.17) is 48.1 Å². The molecule has 2 aliphatic heterocycles. The van der Waals surface area contributed by atoms with Crippen LogP contribution in [0.15, 0.2) is 24.3 Å². The first-order chi connectivity index (χ1) is 30.9. The van der Waals surface area contributed by atoms with Gasteiger partial charge in [0.15, 0.2) is 0 Å². The Balaban J connectivity index is 0.000000241. The molecule has 2 aromatic rings. The number of hydrogen-bond acceptors (Lipinski definition) is 10. The van der Waals surface area contributed by atoms with Crippen molar-refractivity contribution in [2.24, 2.45) is 23.7 Å². The average molecular weight is 897 g/mol. The molecule has 10 nitrogen and oxygen atoms in total. The molecule has 0 bridgehead atoms. The van der Waals surface area contributed by atoms with Crippen LogP contribution in [0.2, 0.25) is 0 Å². The molecule has 4 aliphatic rings. The fraction of sp³-hybridized carbons (Fsp3) is 0.778. The smallest absolute Gasteiger partial charge is 0.127 e. The fourth-order valence-corrected chi connectivity index (χ4v) is 10.9. The van der Waals surface area contributed by atoms with Crippen molar-refractivity contribution in [3.63, 3.8) is 0 Å². The summed E-state index contributed by atoms with van der Waals surface area (Å²) < 4.78 is 47.8. The van der Waals surface area contributed by atoms with Crippen LogP contribution in [-0.2, 0) is 31.8 Å². The van der Waals surface area contributed by atoms with E-state index in [1.165, 1.54) is 99.3 Å². The lowest BCUT2D eigenvalue weighted by molar-refractivity contribution is -0.0156. The largest absolute Gasteiger partial charge is 0.491 e. The molecular weight excluding hydrogens is 809 g/mol. The number of unbranched alkanes of at least 4 members (excludes halogenated alkanes) is 4. The Morgan fingerprint density at radius 2 is 0.891 bits per heavy atom. The van der Waals surface area contributed by atoms with E-state index in [-0.39, 0.29) is 24.4 Å². The number of aryl methyl sites for hydroxylation is 2. The lowest BCUT2D eigenvalue weighted by Gasteiger charge is -2.49. The minimum absolute atomic E-state index is 0.0441. The van der Waals surface area contributed by atoms with Crippen molar-refractivity contribution in [3.8, 4) is 23.0 Å². The van der Waals surface area contributed by atoms with Gasteiger partial charge in [-0.15, -0.1) is 0 Å². The summed E-state index contributed by atoms with van der Waals surface area (Å²) in [5.41, 5.74) is 4.90. The first-order valence-corrected chi connectivity index (χ1v) is 25.4. The lowest BCUT2D eigenvalue weighted by Crippen LogP contribution is -2.46. The minimum Gasteiger partial charge on any atom is -0.491 e. The Labute approximate surface area is 387 Å². The van der Waals surface area contributed by atoms with Crippen LogP contribution in [0.25, 0.3) is 0 Å². The normalized spacial score (nSPS) is 23.8. The van der Waals surface area contributed by atoms with Crippen molar-refractivity contribution < 1.29 is 48.1 Å². The van der Waals surface area contributed by atoms with Crippen LogP contribution in [0.3, 0.4) is 0 Å². The zero-order valence-corrected chi connectivity index (χ0v) is 41.3. The lowest BCUT2D eigenvalue weighted by atomic mass is 9.64. The molecule has 10 heteroatoms. The molecule has 6 atom stereocenters. The number of aliphatic hydroxyl groups is 2. The highest BCUT2D eigenvalue weighted by Gasteiger charge is 2.48. The van der Waals surface area contributed by atoms with Crippen LogP contribution in [-0.4, -0.2) is 101 Å². The maximum absolute atomic E-state index is 8.76. The third-order valence-corrected chi connectivity index (χ3v) is 14.1. The molecule has 2 saturated carbocycles. The molecule has 64 heavy (non-hydrogen) atoms. The molecule has 0 radical (unpaired) electrons. The van der Waals surface area contributed by atoms with Crippen molar-refractivity contribution in [1.29, 1.82) is 0 Å². The molecule has 2 N–H and O–H groups in total. The second-order valence-electron chi connectivity index (χ2n) is 20.2. The standard InChI is InChI=1S/2C27H44O5/c2*1-5-6-7-8-21-18-24(31-16-15-30-14-13-29-12-11-28)26-22-17-20(2)9-10-23(22)27(3,4)32-25(26)19-21/h2*18-20,22-23,28H,5-17H2,1-4H3/t20-,22+,23+;20-,22-,23-/m01/s1. The molecule has 2 aromatic carbocycles. The molecule has 2 fully saturated rings. The zero-order valence-electron chi connectivity index (χ0n) is 41.3. The van der Waals surface area contributed by atoms with Gasteiger partial charge in [0.25, 0.3) is 0 Å². The maximum atomic E-state index is 8.76. The molecule has 0 spiro atoms. The van der Waals surface area contributed by atoms with Crippen LogP contribution in [0.1, 0.15) is 167 Å². The Kier molecular flexibility index (Phi) is 21.8. The van der Waals surface area contributed by atoms with Gasteiger partial charge in [-0.1, -0.05) is 66.2 Å². The van der Waals surface area contributed by atoms with E-state index in [1.807, 2.05) is 0 Å². The predicted molar refractivity (Wildman–Crippen MR) is 256 cm³/mol. The number of hydrogen-bond donors (Lipinski definition) is 2. The molecule has 0 amide bonds. The van der Waals surface area contributed by atoms with Gasteiger partial charge in [0.1, 0.15) is 47.4 Å². The van der Waals surface area contributed by atoms with Gasteiger partial charge >= 0.3 is 0 Å².